The molecule has 0 bridgehead atoms. The molecule has 0 unspecified atom stereocenters. The van der Waals surface area contributed by atoms with E-state index in [1.807, 2.05) is 12.1 Å². The molecule has 5 heteroatoms. The largest absolute Gasteiger partial charge is 0.497 e. The maximum absolute atomic E-state index is 12.3. The first-order valence-electron chi connectivity index (χ1n) is 8.40. The Labute approximate surface area is 147 Å². The van der Waals surface area contributed by atoms with Crippen molar-refractivity contribution < 1.29 is 9.53 Å². The highest BCUT2D eigenvalue weighted by Crippen LogP contribution is 2.29. The summed E-state index contributed by atoms with van der Waals surface area (Å²) in [7, 11) is 1.67. The maximum Gasteiger partial charge on any atom is 0.223 e. The minimum atomic E-state index is 0.141. The number of methoxy groups -OCH3 is 1. The van der Waals surface area contributed by atoms with Crippen LogP contribution in [0.3, 0.4) is 0 Å². The summed E-state index contributed by atoms with van der Waals surface area (Å²) in [5.74, 6) is 1.18. The van der Waals surface area contributed by atoms with Gasteiger partial charge in [-0.05, 0) is 68.3 Å². The molecule has 3 rings (SSSR count). The van der Waals surface area contributed by atoms with Gasteiger partial charge in [0.15, 0.2) is 0 Å². The van der Waals surface area contributed by atoms with E-state index in [0.29, 0.717) is 12.6 Å². The van der Waals surface area contributed by atoms with Gasteiger partial charge in [0.05, 0.1) is 13.7 Å². The molecule has 2 heterocycles. The normalized spacial score (nSPS) is 20.6. The fraction of sp³-hybridized carbons (Fsp3) is 0.421. The lowest BCUT2D eigenvalue weighted by atomic mass is 9.92. The zero-order valence-corrected chi connectivity index (χ0v) is 15.0. The SMILES string of the molecule is COc1ccc(-c2ccc(CNC(=O)[C@H]3CCN[C@@H](C)C3)s2)cc1. The molecule has 1 amide bonds. The summed E-state index contributed by atoms with van der Waals surface area (Å²) in [6.45, 7) is 3.68. The van der Waals surface area contributed by atoms with Gasteiger partial charge in [-0.25, -0.2) is 0 Å². The molecule has 1 fully saturated rings. The molecule has 1 aliphatic rings. The topological polar surface area (TPSA) is 50.4 Å². The molecule has 1 saturated heterocycles. The van der Waals surface area contributed by atoms with Crippen molar-refractivity contribution in [3.8, 4) is 16.2 Å². The maximum atomic E-state index is 12.3. The Hall–Kier alpha value is -1.85. The molecule has 0 radical (unpaired) electrons. The van der Waals surface area contributed by atoms with Crippen LogP contribution in [0.25, 0.3) is 10.4 Å². The summed E-state index contributed by atoms with van der Waals surface area (Å²) >= 11 is 1.72. The lowest BCUT2D eigenvalue weighted by Gasteiger charge is -2.27. The number of nitrogens with one attached hydrogen (secondary N) is 2. The first-order valence-corrected chi connectivity index (χ1v) is 9.21. The molecule has 1 aromatic heterocycles. The minimum Gasteiger partial charge on any atom is -0.497 e. The third-order valence-electron chi connectivity index (χ3n) is 4.47. The van der Waals surface area contributed by atoms with E-state index in [0.717, 1.165) is 25.1 Å². The lowest BCUT2D eigenvalue weighted by Crippen LogP contribution is -2.42. The average Bonchev–Trinajstić information content (AvgIpc) is 3.09. The highest BCUT2D eigenvalue weighted by atomic mass is 32.1. The molecular formula is C19H24N2O2S. The zero-order valence-electron chi connectivity index (χ0n) is 14.2. The summed E-state index contributed by atoms with van der Waals surface area (Å²) in [4.78, 5) is 14.7. The molecule has 2 aromatic rings. The van der Waals surface area contributed by atoms with Gasteiger partial charge in [0.2, 0.25) is 5.91 Å². The number of carbonyl (C=O) groups excluding carboxylic acids is 1. The molecule has 128 valence electrons. The number of benzene rings is 1. The first kappa shape index (κ1) is 17.0. The van der Waals surface area contributed by atoms with Crippen molar-refractivity contribution in [1.82, 2.24) is 10.6 Å². The number of thiophene rings is 1. The molecule has 4 nitrogen and oxygen atoms in total. The summed E-state index contributed by atoms with van der Waals surface area (Å²) in [5.41, 5.74) is 1.17. The van der Waals surface area contributed by atoms with E-state index in [2.05, 4.69) is 41.8 Å². The fourth-order valence-corrected chi connectivity index (χ4v) is 4.02. The number of ether oxygens (including phenoxy) is 1. The van der Waals surface area contributed by atoms with Gasteiger partial charge < -0.3 is 15.4 Å². The van der Waals surface area contributed by atoms with Crippen molar-refractivity contribution in [2.24, 2.45) is 5.92 Å². The number of piperidine rings is 1. The van der Waals surface area contributed by atoms with Crippen molar-refractivity contribution in [3.63, 3.8) is 0 Å². The number of carbonyl (C=O) groups is 1. The predicted octanol–water partition coefficient (Wildman–Crippen LogP) is 3.43. The Bertz CT molecular complexity index is 681. The number of hydrogen-bond donors (Lipinski definition) is 2. The van der Waals surface area contributed by atoms with Crippen LogP contribution in [0.1, 0.15) is 24.6 Å². The van der Waals surface area contributed by atoms with Gasteiger partial charge in [-0.15, -0.1) is 11.3 Å². The van der Waals surface area contributed by atoms with Crippen LogP contribution in [0.15, 0.2) is 36.4 Å². The second-order valence-electron chi connectivity index (χ2n) is 6.29. The predicted molar refractivity (Wildman–Crippen MR) is 98.3 cm³/mol. The van der Waals surface area contributed by atoms with E-state index in [1.54, 1.807) is 18.4 Å². The van der Waals surface area contributed by atoms with Gasteiger partial charge in [-0.1, -0.05) is 0 Å². The van der Waals surface area contributed by atoms with Crippen molar-refractivity contribution >= 4 is 17.2 Å². The number of hydrogen-bond acceptors (Lipinski definition) is 4. The van der Waals surface area contributed by atoms with Crippen molar-refractivity contribution in [2.45, 2.75) is 32.4 Å². The van der Waals surface area contributed by atoms with Crippen molar-refractivity contribution in [2.75, 3.05) is 13.7 Å². The second-order valence-corrected chi connectivity index (χ2v) is 7.46. The van der Waals surface area contributed by atoms with Crippen molar-refractivity contribution in [3.05, 3.63) is 41.3 Å². The van der Waals surface area contributed by atoms with Crippen LogP contribution >= 0.6 is 11.3 Å². The van der Waals surface area contributed by atoms with Crippen molar-refractivity contribution in [1.29, 1.82) is 0 Å². The first-order chi connectivity index (χ1) is 11.7. The van der Waals surface area contributed by atoms with Gasteiger partial charge in [0.25, 0.3) is 0 Å². The lowest BCUT2D eigenvalue weighted by molar-refractivity contribution is -0.126. The van der Waals surface area contributed by atoms with Crippen LogP contribution in [-0.2, 0) is 11.3 Å². The molecule has 1 aromatic carbocycles. The Balaban J connectivity index is 1.56. The summed E-state index contributed by atoms with van der Waals surface area (Å²) in [6, 6.07) is 12.7. The molecule has 2 N–H and O–H groups in total. The van der Waals surface area contributed by atoms with Gasteiger partial charge in [0, 0.05) is 21.7 Å². The van der Waals surface area contributed by atoms with Crippen LogP contribution in [0.4, 0.5) is 0 Å². The second kappa shape index (κ2) is 7.81. The van der Waals surface area contributed by atoms with E-state index in [9.17, 15) is 4.79 Å². The summed E-state index contributed by atoms with van der Waals surface area (Å²) in [6.07, 6.45) is 1.85. The number of amides is 1. The smallest absolute Gasteiger partial charge is 0.223 e. The Morgan fingerprint density at radius 3 is 2.79 bits per heavy atom. The van der Waals surface area contributed by atoms with Crippen LogP contribution in [0.5, 0.6) is 5.75 Å². The Morgan fingerprint density at radius 2 is 2.08 bits per heavy atom. The molecule has 0 spiro atoms. The van der Waals surface area contributed by atoms with Crippen LogP contribution in [-0.4, -0.2) is 25.6 Å². The monoisotopic (exact) mass is 344 g/mol. The zero-order chi connectivity index (χ0) is 16.9. The molecular weight excluding hydrogens is 320 g/mol. The van der Waals surface area contributed by atoms with Crippen LogP contribution < -0.4 is 15.4 Å². The number of rotatable bonds is 5. The Morgan fingerprint density at radius 1 is 1.29 bits per heavy atom. The third-order valence-corrected chi connectivity index (χ3v) is 5.60. The Kier molecular flexibility index (Phi) is 5.53. The van der Waals surface area contributed by atoms with Gasteiger partial charge in [-0.3, -0.25) is 4.79 Å². The minimum absolute atomic E-state index is 0.141. The van der Waals surface area contributed by atoms with Crippen LogP contribution in [0.2, 0.25) is 0 Å². The summed E-state index contributed by atoms with van der Waals surface area (Å²) in [5, 5.41) is 6.48. The standard InChI is InChI=1S/C19H24N2O2S/c1-13-11-15(9-10-20-13)19(22)21-12-17-7-8-18(24-17)14-3-5-16(23-2)6-4-14/h3-8,13,15,20H,9-12H2,1-2H3,(H,21,22)/t13-,15-/m0/s1. The quantitative estimate of drug-likeness (QED) is 0.874. The van der Waals surface area contributed by atoms with E-state index < -0.39 is 0 Å². The van der Waals surface area contributed by atoms with E-state index >= 15 is 0 Å². The fourth-order valence-electron chi connectivity index (χ4n) is 3.07. The summed E-state index contributed by atoms with van der Waals surface area (Å²) < 4.78 is 5.19. The van der Waals surface area contributed by atoms with E-state index in [-0.39, 0.29) is 11.8 Å². The average molecular weight is 344 g/mol. The molecule has 24 heavy (non-hydrogen) atoms. The van der Waals surface area contributed by atoms with E-state index in [1.165, 1.54) is 15.3 Å². The van der Waals surface area contributed by atoms with Gasteiger partial charge in [-0.2, -0.15) is 0 Å². The molecule has 0 saturated carbocycles. The molecule has 1 aliphatic heterocycles. The third kappa shape index (κ3) is 4.16. The highest BCUT2D eigenvalue weighted by Gasteiger charge is 2.24. The molecule has 0 aliphatic carbocycles. The van der Waals surface area contributed by atoms with Gasteiger partial charge >= 0.3 is 0 Å². The molecule has 2 atom stereocenters. The van der Waals surface area contributed by atoms with Gasteiger partial charge in [0.1, 0.15) is 5.75 Å². The van der Waals surface area contributed by atoms with E-state index in [4.69, 9.17) is 4.74 Å². The highest BCUT2D eigenvalue weighted by molar-refractivity contribution is 7.15. The van der Waals surface area contributed by atoms with Crippen LogP contribution in [0, 0.1) is 5.92 Å².